The van der Waals surface area contributed by atoms with Crippen molar-refractivity contribution in [3.05, 3.63) is 0 Å². The first-order valence-electron chi connectivity index (χ1n) is 6.66. The second-order valence-electron chi connectivity index (χ2n) is 5.21. The third-order valence-corrected chi connectivity index (χ3v) is 3.95. The Labute approximate surface area is 103 Å². The Kier molecular flexibility index (Phi) is 4.01. The van der Waals surface area contributed by atoms with Crippen LogP contribution in [0, 0.1) is 11.3 Å². The van der Waals surface area contributed by atoms with Gasteiger partial charge in [0.05, 0.1) is 12.5 Å². The largest absolute Gasteiger partial charge is 0.334 e. The third kappa shape index (κ3) is 2.61. The van der Waals surface area contributed by atoms with Gasteiger partial charge < -0.3 is 10.2 Å². The molecule has 2 fully saturated rings. The fourth-order valence-electron chi connectivity index (χ4n) is 3.05. The number of nitrogens with one attached hydrogen (secondary N) is 1. The molecule has 1 heterocycles. The molecule has 2 unspecified atom stereocenters. The maximum absolute atomic E-state index is 12.3. The van der Waals surface area contributed by atoms with E-state index < -0.39 is 0 Å². The van der Waals surface area contributed by atoms with Gasteiger partial charge in [-0.05, 0) is 19.8 Å². The lowest BCUT2D eigenvalue weighted by Crippen LogP contribution is -2.62. The first kappa shape index (κ1) is 12.4. The van der Waals surface area contributed by atoms with Gasteiger partial charge in [0.25, 0.3) is 0 Å². The van der Waals surface area contributed by atoms with Gasteiger partial charge in [-0.1, -0.05) is 19.3 Å². The number of piperazine rings is 1. The second kappa shape index (κ2) is 5.50. The van der Waals surface area contributed by atoms with Crippen molar-refractivity contribution >= 4 is 5.91 Å². The summed E-state index contributed by atoms with van der Waals surface area (Å²) < 4.78 is 0. The number of hydrogen-bond acceptors (Lipinski definition) is 3. The molecule has 1 amide bonds. The molecule has 0 bridgehead atoms. The first-order chi connectivity index (χ1) is 8.24. The zero-order valence-electron chi connectivity index (χ0n) is 10.5. The quantitative estimate of drug-likeness (QED) is 0.787. The highest BCUT2D eigenvalue weighted by Crippen LogP contribution is 2.26. The van der Waals surface area contributed by atoms with Crippen molar-refractivity contribution in [2.75, 3.05) is 6.54 Å². The van der Waals surface area contributed by atoms with Gasteiger partial charge in [0.15, 0.2) is 0 Å². The molecule has 17 heavy (non-hydrogen) atoms. The Balaban J connectivity index is 2.06. The molecule has 2 aliphatic rings. The lowest BCUT2D eigenvalue weighted by atomic mass is 9.91. The van der Waals surface area contributed by atoms with Crippen LogP contribution in [0.3, 0.4) is 0 Å². The fraction of sp³-hybridized carbons (Fsp3) is 0.846. The van der Waals surface area contributed by atoms with E-state index in [0.29, 0.717) is 6.04 Å². The standard InChI is InChI=1S/C13H21N3O/c1-10-9-15-12(7-8-14)13(17)16(10)11-5-3-2-4-6-11/h10-12,15H,2-7,9H2,1H3. The van der Waals surface area contributed by atoms with Crippen LogP contribution >= 0.6 is 0 Å². The summed E-state index contributed by atoms with van der Waals surface area (Å²) in [6, 6.07) is 2.49. The Bertz CT molecular complexity index is 317. The van der Waals surface area contributed by atoms with Crippen LogP contribution in [0.2, 0.25) is 0 Å². The lowest BCUT2D eigenvalue weighted by molar-refractivity contribution is -0.142. The zero-order chi connectivity index (χ0) is 12.3. The van der Waals surface area contributed by atoms with Crippen LogP contribution < -0.4 is 5.32 Å². The molecular formula is C13H21N3O. The van der Waals surface area contributed by atoms with Crippen molar-refractivity contribution in [3.8, 4) is 6.07 Å². The highest BCUT2D eigenvalue weighted by Gasteiger charge is 2.37. The molecule has 0 aromatic carbocycles. The Morgan fingerprint density at radius 2 is 2.12 bits per heavy atom. The van der Waals surface area contributed by atoms with Gasteiger partial charge >= 0.3 is 0 Å². The van der Waals surface area contributed by atoms with E-state index in [9.17, 15) is 4.79 Å². The van der Waals surface area contributed by atoms with Gasteiger partial charge in [-0.2, -0.15) is 5.26 Å². The van der Waals surface area contributed by atoms with Crippen molar-refractivity contribution in [2.45, 2.75) is 63.6 Å². The van der Waals surface area contributed by atoms with Crippen LogP contribution in [0.1, 0.15) is 45.4 Å². The minimum atomic E-state index is -0.280. The average Bonchev–Trinajstić information content (AvgIpc) is 2.35. The summed E-state index contributed by atoms with van der Waals surface area (Å²) in [7, 11) is 0. The van der Waals surface area contributed by atoms with E-state index in [4.69, 9.17) is 5.26 Å². The van der Waals surface area contributed by atoms with Crippen molar-refractivity contribution in [2.24, 2.45) is 0 Å². The molecule has 1 saturated carbocycles. The highest BCUT2D eigenvalue weighted by atomic mass is 16.2. The van der Waals surface area contributed by atoms with Gasteiger partial charge in [0.2, 0.25) is 5.91 Å². The Hall–Kier alpha value is -1.08. The maximum atomic E-state index is 12.3. The molecule has 94 valence electrons. The summed E-state index contributed by atoms with van der Waals surface area (Å²) in [5.41, 5.74) is 0. The first-order valence-corrected chi connectivity index (χ1v) is 6.66. The molecule has 1 N–H and O–H groups in total. The third-order valence-electron chi connectivity index (χ3n) is 3.95. The predicted octanol–water partition coefficient (Wildman–Crippen LogP) is 1.42. The zero-order valence-corrected chi connectivity index (χ0v) is 10.5. The average molecular weight is 235 g/mol. The number of nitrogens with zero attached hydrogens (tertiary/aromatic N) is 2. The van der Waals surface area contributed by atoms with E-state index in [1.165, 1.54) is 19.3 Å². The van der Waals surface area contributed by atoms with Crippen LogP contribution in [0.4, 0.5) is 0 Å². The van der Waals surface area contributed by atoms with Crippen LogP contribution in [0.5, 0.6) is 0 Å². The molecule has 0 aromatic heterocycles. The number of hydrogen-bond donors (Lipinski definition) is 1. The molecule has 2 atom stereocenters. The van der Waals surface area contributed by atoms with E-state index >= 15 is 0 Å². The SMILES string of the molecule is CC1CNC(CC#N)C(=O)N1C1CCCCC1. The summed E-state index contributed by atoms with van der Waals surface area (Å²) in [6.07, 6.45) is 6.32. The number of nitriles is 1. The van der Waals surface area contributed by atoms with Gasteiger partial charge in [-0.3, -0.25) is 4.79 Å². The van der Waals surface area contributed by atoms with Gasteiger partial charge in [-0.15, -0.1) is 0 Å². The number of rotatable bonds is 2. The monoisotopic (exact) mass is 235 g/mol. The van der Waals surface area contributed by atoms with E-state index in [0.717, 1.165) is 19.4 Å². The molecule has 4 heteroatoms. The Morgan fingerprint density at radius 1 is 1.41 bits per heavy atom. The molecule has 0 spiro atoms. The topological polar surface area (TPSA) is 56.1 Å². The summed E-state index contributed by atoms with van der Waals surface area (Å²) >= 11 is 0. The van der Waals surface area contributed by atoms with Gasteiger partial charge in [0.1, 0.15) is 6.04 Å². The van der Waals surface area contributed by atoms with E-state index in [-0.39, 0.29) is 24.4 Å². The van der Waals surface area contributed by atoms with Crippen LogP contribution in [-0.4, -0.2) is 35.5 Å². The fourth-order valence-corrected chi connectivity index (χ4v) is 3.05. The molecule has 0 radical (unpaired) electrons. The second-order valence-corrected chi connectivity index (χ2v) is 5.21. The molecule has 4 nitrogen and oxygen atoms in total. The number of carbonyl (C=O) groups excluding carboxylic acids is 1. The molecule has 1 aliphatic carbocycles. The van der Waals surface area contributed by atoms with Gasteiger partial charge in [-0.25, -0.2) is 0 Å². The maximum Gasteiger partial charge on any atom is 0.241 e. The van der Waals surface area contributed by atoms with Crippen molar-refractivity contribution < 1.29 is 4.79 Å². The smallest absolute Gasteiger partial charge is 0.241 e. The predicted molar refractivity (Wildman–Crippen MR) is 65.2 cm³/mol. The minimum Gasteiger partial charge on any atom is -0.334 e. The minimum absolute atomic E-state index is 0.136. The van der Waals surface area contributed by atoms with Crippen molar-refractivity contribution in [1.29, 1.82) is 5.26 Å². The lowest BCUT2D eigenvalue weighted by Gasteiger charge is -2.44. The molecule has 2 rings (SSSR count). The van der Waals surface area contributed by atoms with Crippen LogP contribution in [0.15, 0.2) is 0 Å². The summed E-state index contributed by atoms with van der Waals surface area (Å²) in [5, 5.41) is 11.9. The van der Waals surface area contributed by atoms with Crippen molar-refractivity contribution in [1.82, 2.24) is 10.2 Å². The summed E-state index contributed by atoms with van der Waals surface area (Å²) in [5.74, 6) is 0.136. The number of amides is 1. The molecule has 1 saturated heterocycles. The van der Waals surface area contributed by atoms with E-state index in [2.05, 4.69) is 23.2 Å². The highest BCUT2D eigenvalue weighted by molar-refractivity contribution is 5.83. The van der Waals surface area contributed by atoms with Crippen LogP contribution in [0.25, 0.3) is 0 Å². The Morgan fingerprint density at radius 3 is 2.76 bits per heavy atom. The molecular weight excluding hydrogens is 214 g/mol. The van der Waals surface area contributed by atoms with E-state index in [1.807, 2.05) is 0 Å². The molecule has 0 aromatic rings. The van der Waals surface area contributed by atoms with E-state index in [1.54, 1.807) is 0 Å². The van der Waals surface area contributed by atoms with Crippen molar-refractivity contribution in [3.63, 3.8) is 0 Å². The number of carbonyl (C=O) groups is 1. The molecule has 1 aliphatic heterocycles. The van der Waals surface area contributed by atoms with Crippen LogP contribution in [-0.2, 0) is 4.79 Å². The van der Waals surface area contributed by atoms with Gasteiger partial charge in [0, 0.05) is 18.6 Å². The summed E-state index contributed by atoms with van der Waals surface area (Å²) in [6.45, 7) is 2.91. The normalized spacial score (nSPS) is 31.3. The summed E-state index contributed by atoms with van der Waals surface area (Å²) in [4.78, 5) is 14.4.